The standard InChI is InChI=1S/C20H19N5O2/c1-12-16(7-15(9-21)25(12)3)18-8-17-13(10-22-20(17)26)6-19(18)27-11-14-4-5-24(2)23-14/h4-8H,10-11H2,1-3H3,(H,22,26). The van der Waals surface area contributed by atoms with Gasteiger partial charge in [0.05, 0.1) is 5.69 Å². The summed E-state index contributed by atoms with van der Waals surface area (Å²) in [6.07, 6.45) is 1.87. The predicted molar refractivity (Wildman–Crippen MR) is 99.0 cm³/mol. The van der Waals surface area contributed by atoms with E-state index in [0.29, 0.717) is 30.2 Å². The van der Waals surface area contributed by atoms with E-state index >= 15 is 0 Å². The zero-order valence-electron chi connectivity index (χ0n) is 15.4. The van der Waals surface area contributed by atoms with Crippen LogP contribution in [0.4, 0.5) is 0 Å². The number of ether oxygens (including phenoxy) is 1. The Morgan fingerprint density at radius 3 is 2.74 bits per heavy atom. The second-order valence-electron chi connectivity index (χ2n) is 6.66. The molecule has 0 fully saturated rings. The van der Waals surface area contributed by atoms with Crippen LogP contribution in [0.1, 0.15) is 33.0 Å². The number of nitriles is 1. The van der Waals surface area contributed by atoms with Gasteiger partial charge < -0.3 is 14.6 Å². The monoisotopic (exact) mass is 361 g/mol. The molecule has 0 radical (unpaired) electrons. The molecular formula is C20H19N5O2. The zero-order chi connectivity index (χ0) is 19.1. The Kier molecular flexibility index (Phi) is 3.96. The molecule has 3 heterocycles. The first-order valence-corrected chi connectivity index (χ1v) is 8.61. The number of aromatic nitrogens is 3. The highest BCUT2D eigenvalue weighted by atomic mass is 16.5. The van der Waals surface area contributed by atoms with Gasteiger partial charge in [0.15, 0.2) is 0 Å². The number of aryl methyl sites for hydroxylation is 1. The van der Waals surface area contributed by atoms with Crippen molar-refractivity contribution in [3.63, 3.8) is 0 Å². The number of carbonyl (C=O) groups is 1. The van der Waals surface area contributed by atoms with E-state index in [1.807, 2.05) is 56.0 Å². The molecule has 1 N–H and O–H groups in total. The van der Waals surface area contributed by atoms with Crippen LogP contribution in [-0.4, -0.2) is 20.3 Å². The maximum Gasteiger partial charge on any atom is 0.251 e. The van der Waals surface area contributed by atoms with E-state index in [0.717, 1.165) is 28.1 Å². The van der Waals surface area contributed by atoms with Gasteiger partial charge in [-0.3, -0.25) is 9.48 Å². The lowest BCUT2D eigenvalue weighted by Gasteiger charge is -2.13. The van der Waals surface area contributed by atoms with Gasteiger partial charge in [-0.05, 0) is 36.8 Å². The molecule has 136 valence electrons. The molecule has 0 spiro atoms. The highest BCUT2D eigenvalue weighted by Crippen LogP contribution is 2.37. The normalized spacial score (nSPS) is 12.6. The Balaban J connectivity index is 1.80. The molecule has 0 saturated heterocycles. The highest BCUT2D eigenvalue weighted by molar-refractivity contribution is 6.00. The van der Waals surface area contributed by atoms with E-state index in [2.05, 4.69) is 16.5 Å². The molecule has 27 heavy (non-hydrogen) atoms. The number of amides is 1. The Hall–Kier alpha value is -3.53. The van der Waals surface area contributed by atoms with E-state index in [1.54, 1.807) is 4.68 Å². The maximum absolute atomic E-state index is 12.1. The minimum atomic E-state index is -0.0865. The Morgan fingerprint density at radius 2 is 2.07 bits per heavy atom. The van der Waals surface area contributed by atoms with Crippen LogP contribution in [0.5, 0.6) is 5.75 Å². The molecule has 0 bridgehead atoms. The summed E-state index contributed by atoms with van der Waals surface area (Å²) in [4.78, 5) is 12.1. The van der Waals surface area contributed by atoms with Gasteiger partial charge in [0, 0.05) is 49.2 Å². The molecule has 1 aromatic carbocycles. The second kappa shape index (κ2) is 6.32. The first-order chi connectivity index (χ1) is 13.0. The van der Waals surface area contributed by atoms with Gasteiger partial charge in [0.1, 0.15) is 24.1 Å². The zero-order valence-corrected chi connectivity index (χ0v) is 15.4. The van der Waals surface area contributed by atoms with Crippen LogP contribution in [0, 0.1) is 18.3 Å². The van der Waals surface area contributed by atoms with Crippen molar-refractivity contribution < 1.29 is 9.53 Å². The largest absolute Gasteiger partial charge is 0.487 e. The SMILES string of the molecule is Cc1c(-c2cc3c(cc2OCc2ccn(C)n2)CNC3=O)cc(C#N)n1C. The lowest BCUT2D eigenvalue weighted by Crippen LogP contribution is -2.12. The Bertz CT molecular complexity index is 1100. The van der Waals surface area contributed by atoms with Crippen molar-refractivity contribution in [1.29, 1.82) is 5.26 Å². The fourth-order valence-corrected chi connectivity index (χ4v) is 3.35. The van der Waals surface area contributed by atoms with E-state index in [9.17, 15) is 10.1 Å². The Morgan fingerprint density at radius 1 is 1.26 bits per heavy atom. The van der Waals surface area contributed by atoms with Gasteiger partial charge >= 0.3 is 0 Å². The number of nitrogens with one attached hydrogen (secondary N) is 1. The predicted octanol–water partition coefficient (Wildman–Crippen LogP) is 2.43. The van der Waals surface area contributed by atoms with E-state index in [4.69, 9.17) is 4.74 Å². The summed E-state index contributed by atoms with van der Waals surface area (Å²) in [6.45, 7) is 2.77. The Labute approximate surface area is 156 Å². The first kappa shape index (κ1) is 16.9. The van der Waals surface area contributed by atoms with Gasteiger partial charge in [-0.2, -0.15) is 10.4 Å². The van der Waals surface area contributed by atoms with Crippen LogP contribution >= 0.6 is 0 Å². The molecule has 1 aliphatic heterocycles. The van der Waals surface area contributed by atoms with Gasteiger partial charge in [-0.25, -0.2) is 0 Å². The quantitative estimate of drug-likeness (QED) is 0.773. The van der Waals surface area contributed by atoms with Crippen molar-refractivity contribution in [3.05, 3.63) is 58.7 Å². The van der Waals surface area contributed by atoms with E-state index in [1.165, 1.54) is 0 Å². The van der Waals surface area contributed by atoms with Gasteiger partial charge in [-0.15, -0.1) is 0 Å². The van der Waals surface area contributed by atoms with Crippen LogP contribution in [0.25, 0.3) is 11.1 Å². The summed E-state index contributed by atoms with van der Waals surface area (Å²) < 4.78 is 9.65. The smallest absolute Gasteiger partial charge is 0.251 e. The minimum absolute atomic E-state index is 0.0865. The molecule has 2 aromatic heterocycles. The van der Waals surface area contributed by atoms with Crippen molar-refractivity contribution >= 4 is 5.91 Å². The number of nitrogens with zero attached hydrogens (tertiary/aromatic N) is 4. The number of carbonyl (C=O) groups excluding carboxylic acids is 1. The number of hydrogen-bond donors (Lipinski definition) is 1. The molecule has 0 atom stereocenters. The molecule has 7 heteroatoms. The van der Waals surface area contributed by atoms with Crippen molar-refractivity contribution in [2.24, 2.45) is 14.1 Å². The fraction of sp³-hybridized carbons (Fsp3) is 0.250. The molecule has 4 rings (SSSR count). The molecule has 7 nitrogen and oxygen atoms in total. The average molecular weight is 361 g/mol. The van der Waals surface area contributed by atoms with Crippen LogP contribution in [0.15, 0.2) is 30.5 Å². The summed E-state index contributed by atoms with van der Waals surface area (Å²) in [7, 11) is 3.71. The summed E-state index contributed by atoms with van der Waals surface area (Å²) >= 11 is 0. The molecular weight excluding hydrogens is 342 g/mol. The average Bonchev–Trinajstić information content (AvgIpc) is 3.32. The van der Waals surface area contributed by atoms with E-state index < -0.39 is 0 Å². The van der Waals surface area contributed by atoms with Crippen LogP contribution in [0.2, 0.25) is 0 Å². The summed E-state index contributed by atoms with van der Waals surface area (Å²) in [5.74, 6) is 0.589. The molecule has 0 saturated carbocycles. The van der Waals surface area contributed by atoms with Crippen molar-refractivity contribution in [3.8, 4) is 22.9 Å². The van der Waals surface area contributed by atoms with Crippen molar-refractivity contribution in [2.45, 2.75) is 20.1 Å². The van der Waals surface area contributed by atoms with Crippen LogP contribution < -0.4 is 10.1 Å². The molecule has 0 unspecified atom stereocenters. The fourth-order valence-electron chi connectivity index (χ4n) is 3.35. The van der Waals surface area contributed by atoms with Crippen LogP contribution in [-0.2, 0) is 27.2 Å². The number of benzene rings is 1. The summed E-state index contributed by atoms with van der Waals surface area (Å²) in [5, 5.41) is 16.5. The van der Waals surface area contributed by atoms with Crippen molar-refractivity contribution in [1.82, 2.24) is 19.7 Å². The molecule has 1 amide bonds. The molecule has 1 aliphatic rings. The third-order valence-electron chi connectivity index (χ3n) is 4.97. The lowest BCUT2D eigenvalue weighted by molar-refractivity contribution is 0.0966. The highest BCUT2D eigenvalue weighted by Gasteiger charge is 2.24. The third-order valence-corrected chi connectivity index (χ3v) is 4.97. The van der Waals surface area contributed by atoms with Gasteiger partial charge in [0.25, 0.3) is 5.91 Å². The summed E-state index contributed by atoms with van der Waals surface area (Å²) in [5.41, 5.74) is 5.56. The molecule has 3 aromatic rings. The van der Waals surface area contributed by atoms with Crippen LogP contribution in [0.3, 0.4) is 0 Å². The number of rotatable bonds is 4. The first-order valence-electron chi connectivity index (χ1n) is 8.61. The van der Waals surface area contributed by atoms with Crippen molar-refractivity contribution in [2.75, 3.05) is 0 Å². The minimum Gasteiger partial charge on any atom is -0.487 e. The van der Waals surface area contributed by atoms with Gasteiger partial charge in [-0.1, -0.05) is 0 Å². The molecule has 0 aliphatic carbocycles. The second-order valence-corrected chi connectivity index (χ2v) is 6.66. The number of hydrogen-bond acceptors (Lipinski definition) is 4. The number of fused-ring (bicyclic) bond motifs is 1. The summed E-state index contributed by atoms with van der Waals surface area (Å²) in [6, 6.07) is 9.69. The lowest BCUT2D eigenvalue weighted by atomic mass is 9.99. The van der Waals surface area contributed by atoms with Gasteiger partial charge in [0.2, 0.25) is 0 Å². The maximum atomic E-state index is 12.1. The third kappa shape index (κ3) is 2.85. The van der Waals surface area contributed by atoms with E-state index in [-0.39, 0.29) is 5.91 Å². The topological polar surface area (TPSA) is 84.9 Å².